The van der Waals surface area contributed by atoms with Gasteiger partial charge in [0.25, 0.3) is 0 Å². The van der Waals surface area contributed by atoms with E-state index < -0.39 is 27.6 Å². The SMILES string of the molecule is CNS(=O)(=O)CCNC(=O)N1CCCC1(C)C(=O)O. The van der Waals surface area contributed by atoms with E-state index in [1.54, 1.807) is 0 Å². The van der Waals surface area contributed by atoms with Crippen molar-refractivity contribution in [1.29, 1.82) is 0 Å². The summed E-state index contributed by atoms with van der Waals surface area (Å²) in [5.74, 6) is -1.30. The van der Waals surface area contributed by atoms with E-state index in [1.165, 1.54) is 18.9 Å². The molecule has 0 aromatic carbocycles. The molecule has 9 heteroatoms. The molecule has 0 spiro atoms. The summed E-state index contributed by atoms with van der Waals surface area (Å²) >= 11 is 0. The maximum Gasteiger partial charge on any atom is 0.329 e. The molecule has 2 amide bonds. The molecule has 1 rings (SSSR count). The Balaban J connectivity index is 2.57. The standard InChI is InChI=1S/C10H19N3O5S/c1-10(8(14)15)4-3-6-13(10)9(16)12-5-7-19(17,18)11-2/h11H,3-7H2,1-2H3,(H,12,16)(H,14,15). The Bertz CT molecular complexity index is 464. The normalized spacial score (nSPS) is 23.4. The fourth-order valence-corrected chi connectivity index (χ4v) is 2.58. The highest BCUT2D eigenvalue weighted by Crippen LogP contribution is 2.28. The highest BCUT2D eigenvalue weighted by atomic mass is 32.2. The van der Waals surface area contributed by atoms with Crippen molar-refractivity contribution in [1.82, 2.24) is 14.9 Å². The number of likely N-dealkylation sites (tertiary alicyclic amines) is 1. The number of carbonyl (C=O) groups excluding carboxylic acids is 1. The van der Waals surface area contributed by atoms with Gasteiger partial charge in [0.15, 0.2) is 0 Å². The van der Waals surface area contributed by atoms with E-state index in [1.807, 2.05) is 0 Å². The number of carboxylic acid groups (broad SMARTS) is 1. The Morgan fingerprint density at radius 1 is 1.42 bits per heavy atom. The molecule has 8 nitrogen and oxygen atoms in total. The van der Waals surface area contributed by atoms with Crippen molar-refractivity contribution in [2.24, 2.45) is 0 Å². The van der Waals surface area contributed by atoms with Gasteiger partial charge in [0.2, 0.25) is 10.0 Å². The van der Waals surface area contributed by atoms with Gasteiger partial charge in [-0.2, -0.15) is 0 Å². The molecule has 0 aromatic heterocycles. The second-order valence-electron chi connectivity index (χ2n) is 4.59. The summed E-state index contributed by atoms with van der Waals surface area (Å²) in [5, 5.41) is 11.6. The van der Waals surface area contributed by atoms with Crippen molar-refractivity contribution in [2.45, 2.75) is 25.3 Å². The molecule has 0 radical (unpaired) electrons. The molecule has 1 aliphatic heterocycles. The third-order valence-electron chi connectivity index (χ3n) is 3.30. The molecule has 1 aliphatic rings. The zero-order chi connectivity index (χ0) is 14.7. The van der Waals surface area contributed by atoms with Crippen LogP contribution in [0.3, 0.4) is 0 Å². The van der Waals surface area contributed by atoms with Gasteiger partial charge in [-0.15, -0.1) is 0 Å². The fraction of sp³-hybridized carbons (Fsp3) is 0.800. The predicted octanol–water partition coefficient (Wildman–Crippen LogP) is -0.816. The predicted molar refractivity (Wildman–Crippen MR) is 68.2 cm³/mol. The topological polar surface area (TPSA) is 116 Å². The monoisotopic (exact) mass is 293 g/mol. The Morgan fingerprint density at radius 2 is 2.05 bits per heavy atom. The minimum absolute atomic E-state index is 0.0613. The van der Waals surface area contributed by atoms with Gasteiger partial charge in [0.1, 0.15) is 5.54 Å². The molecule has 1 heterocycles. The van der Waals surface area contributed by atoms with Crippen molar-refractivity contribution in [3.05, 3.63) is 0 Å². The molecule has 0 aromatic rings. The number of aliphatic carboxylic acids is 1. The largest absolute Gasteiger partial charge is 0.480 e. The van der Waals surface area contributed by atoms with E-state index in [0.29, 0.717) is 19.4 Å². The van der Waals surface area contributed by atoms with Crippen LogP contribution in [0, 0.1) is 0 Å². The molecule has 1 atom stereocenters. The molecule has 1 saturated heterocycles. The molecule has 1 unspecified atom stereocenters. The summed E-state index contributed by atoms with van der Waals surface area (Å²) in [6, 6.07) is -0.547. The summed E-state index contributed by atoms with van der Waals surface area (Å²) < 4.78 is 24.5. The lowest BCUT2D eigenvalue weighted by Gasteiger charge is -2.31. The molecule has 0 saturated carbocycles. The average molecular weight is 293 g/mol. The quantitative estimate of drug-likeness (QED) is 0.613. The van der Waals surface area contributed by atoms with Crippen molar-refractivity contribution in [3.8, 4) is 0 Å². The molecule has 19 heavy (non-hydrogen) atoms. The number of hydrogen-bond acceptors (Lipinski definition) is 4. The smallest absolute Gasteiger partial charge is 0.329 e. The van der Waals surface area contributed by atoms with E-state index in [-0.39, 0.29) is 12.3 Å². The number of carboxylic acids is 1. The van der Waals surface area contributed by atoms with Gasteiger partial charge in [0, 0.05) is 13.1 Å². The van der Waals surface area contributed by atoms with Gasteiger partial charge in [-0.1, -0.05) is 0 Å². The number of amides is 2. The summed E-state index contributed by atoms with van der Waals surface area (Å²) in [5.41, 5.74) is -1.22. The Kier molecular flexibility index (Phi) is 4.75. The third-order valence-corrected chi connectivity index (χ3v) is 4.67. The van der Waals surface area contributed by atoms with Gasteiger partial charge in [-0.05, 0) is 26.8 Å². The fourth-order valence-electron chi connectivity index (χ4n) is 2.00. The first-order valence-corrected chi connectivity index (χ1v) is 7.58. The van der Waals surface area contributed by atoms with E-state index in [9.17, 15) is 18.0 Å². The van der Waals surface area contributed by atoms with Gasteiger partial charge >= 0.3 is 12.0 Å². The Hall–Kier alpha value is -1.35. The van der Waals surface area contributed by atoms with Crippen molar-refractivity contribution >= 4 is 22.0 Å². The van der Waals surface area contributed by atoms with Crippen molar-refractivity contribution in [2.75, 3.05) is 25.9 Å². The minimum atomic E-state index is -3.38. The maximum atomic E-state index is 11.9. The lowest BCUT2D eigenvalue weighted by molar-refractivity contribution is -0.147. The molecule has 0 aliphatic carbocycles. The molecule has 3 N–H and O–H groups in total. The van der Waals surface area contributed by atoms with E-state index >= 15 is 0 Å². The number of nitrogens with one attached hydrogen (secondary N) is 2. The number of urea groups is 1. The van der Waals surface area contributed by atoms with E-state index in [4.69, 9.17) is 5.11 Å². The number of carbonyl (C=O) groups is 2. The highest BCUT2D eigenvalue weighted by Gasteiger charge is 2.45. The zero-order valence-electron chi connectivity index (χ0n) is 11.0. The van der Waals surface area contributed by atoms with Crippen LogP contribution >= 0.6 is 0 Å². The summed E-state index contributed by atoms with van der Waals surface area (Å²) in [4.78, 5) is 24.3. The lowest BCUT2D eigenvalue weighted by Crippen LogP contribution is -2.54. The van der Waals surface area contributed by atoms with Crippen LogP contribution in [0.25, 0.3) is 0 Å². The van der Waals surface area contributed by atoms with Crippen molar-refractivity contribution < 1.29 is 23.1 Å². The number of sulfonamides is 1. The Morgan fingerprint density at radius 3 is 2.58 bits per heavy atom. The van der Waals surface area contributed by atoms with Crippen LogP contribution in [0.2, 0.25) is 0 Å². The molecular formula is C10H19N3O5S. The maximum absolute atomic E-state index is 11.9. The summed E-state index contributed by atoms with van der Waals surface area (Å²) in [7, 11) is -2.09. The Labute approximate surface area is 112 Å². The van der Waals surface area contributed by atoms with Crippen molar-refractivity contribution in [3.63, 3.8) is 0 Å². The van der Waals surface area contributed by atoms with Gasteiger partial charge in [-0.25, -0.2) is 22.7 Å². The minimum Gasteiger partial charge on any atom is -0.480 e. The van der Waals surface area contributed by atoms with Gasteiger partial charge in [0.05, 0.1) is 5.75 Å². The van der Waals surface area contributed by atoms with Crippen LogP contribution in [-0.2, 0) is 14.8 Å². The second-order valence-corrected chi connectivity index (χ2v) is 6.64. The zero-order valence-corrected chi connectivity index (χ0v) is 11.8. The summed E-state index contributed by atoms with van der Waals surface area (Å²) in [6.45, 7) is 1.79. The van der Waals surface area contributed by atoms with Crippen LogP contribution in [0.4, 0.5) is 4.79 Å². The van der Waals surface area contributed by atoms with E-state index in [2.05, 4.69) is 10.0 Å². The van der Waals surface area contributed by atoms with Crippen LogP contribution < -0.4 is 10.0 Å². The summed E-state index contributed by atoms with van der Waals surface area (Å²) in [6.07, 6.45) is 1.01. The first-order valence-electron chi connectivity index (χ1n) is 5.93. The highest BCUT2D eigenvalue weighted by molar-refractivity contribution is 7.89. The second kappa shape index (κ2) is 5.74. The molecule has 0 bridgehead atoms. The number of rotatable bonds is 5. The molecule has 1 fully saturated rings. The van der Waals surface area contributed by atoms with E-state index in [0.717, 1.165) is 0 Å². The lowest BCUT2D eigenvalue weighted by atomic mass is 10.00. The number of hydrogen-bond donors (Lipinski definition) is 3. The van der Waals surface area contributed by atoms with Crippen LogP contribution in [0.15, 0.2) is 0 Å². The van der Waals surface area contributed by atoms with Crippen LogP contribution in [0.5, 0.6) is 0 Å². The average Bonchev–Trinajstić information content (AvgIpc) is 2.72. The molecule has 110 valence electrons. The van der Waals surface area contributed by atoms with Crippen LogP contribution in [0.1, 0.15) is 19.8 Å². The van der Waals surface area contributed by atoms with Gasteiger partial charge < -0.3 is 15.3 Å². The first kappa shape index (κ1) is 15.7. The van der Waals surface area contributed by atoms with Crippen LogP contribution in [-0.4, -0.2) is 61.9 Å². The van der Waals surface area contributed by atoms with Gasteiger partial charge in [-0.3, -0.25) is 0 Å². The first-order chi connectivity index (χ1) is 8.73. The number of nitrogens with zero attached hydrogens (tertiary/aromatic N) is 1. The third kappa shape index (κ3) is 3.57. The molecular weight excluding hydrogens is 274 g/mol.